The number of carbonyl (C=O) groups is 2. The molecule has 1 heterocycles. The molecule has 0 aromatic heterocycles. The summed E-state index contributed by atoms with van der Waals surface area (Å²) < 4.78 is 9.94. The number of phenolic OH excluding ortho intramolecular Hbond substituents is 1. The molecule has 20 heavy (non-hydrogen) atoms. The van der Waals surface area contributed by atoms with Crippen LogP contribution in [0.4, 0.5) is 0 Å². The average Bonchev–Trinajstić information content (AvgIpc) is 2.74. The summed E-state index contributed by atoms with van der Waals surface area (Å²) in [5, 5.41) is 9.12. The van der Waals surface area contributed by atoms with Gasteiger partial charge in [0.05, 0.1) is 0 Å². The SMILES string of the molecule is CC1=CC(=O)OC1COC(=O)C=Cc1ccc(O)cc1. The Morgan fingerprint density at radius 2 is 2.10 bits per heavy atom. The fourth-order valence-electron chi connectivity index (χ4n) is 1.67. The van der Waals surface area contributed by atoms with E-state index in [-0.39, 0.29) is 12.4 Å². The lowest BCUT2D eigenvalue weighted by Crippen LogP contribution is -2.20. The van der Waals surface area contributed by atoms with Crippen LogP contribution in [0.5, 0.6) is 5.75 Å². The lowest BCUT2D eigenvalue weighted by Gasteiger charge is -2.10. The van der Waals surface area contributed by atoms with E-state index in [4.69, 9.17) is 14.6 Å². The van der Waals surface area contributed by atoms with Gasteiger partial charge < -0.3 is 14.6 Å². The molecular formula is C15H14O5. The van der Waals surface area contributed by atoms with Crippen LogP contribution in [0.1, 0.15) is 12.5 Å². The molecule has 0 aliphatic carbocycles. The van der Waals surface area contributed by atoms with Gasteiger partial charge >= 0.3 is 11.9 Å². The number of hydrogen-bond donors (Lipinski definition) is 1. The summed E-state index contributed by atoms with van der Waals surface area (Å²) in [5.41, 5.74) is 1.51. The first-order chi connectivity index (χ1) is 9.54. The molecule has 1 aromatic rings. The van der Waals surface area contributed by atoms with Gasteiger partial charge in [0, 0.05) is 12.2 Å². The third kappa shape index (κ3) is 3.71. The van der Waals surface area contributed by atoms with Crippen molar-refractivity contribution in [1.82, 2.24) is 0 Å². The molecule has 5 nitrogen and oxygen atoms in total. The number of rotatable bonds is 4. The zero-order valence-corrected chi connectivity index (χ0v) is 10.9. The minimum Gasteiger partial charge on any atom is -0.508 e. The van der Waals surface area contributed by atoms with Crippen molar-refractivity contribution in [2.75, 3.05) is 6.61 Å². The van der Waals surface area contributed by atoms with Gasteiger partial charge in [0.2, 0.25) is 0 Å². The van der Waals surface area contributed by atoms with E-state index in [1.807, 2.05) is 0 Å². The maximum atomic E-state index is 11.5. The van der Waals surface area contributed by atoms with Crippen LogP contribution in [0.25, 0.3) is 6.08 Å². The zero-order valence-electron chi connectivity index (χ0n) is 10.9. The lowest BCUT2D eigenvalue weighted by molar-refractivity contribution is -0.148. The molecule has 1 N–H and O–H groups in total. The predicted molar refractivity (Wildman–Crippen MR) is 71.7 cm³/mol. The van der Waals surface area contributed by atoms with Crippen molar-refractivity contribution in [3.05, 3.63) is 47.6 Å². The Bertz CT molecular complexity index is 568. The number of carbonyl (C=O) groups excluding carboxylic acids is 2. The first-order valence-electron chi connectivity index (χ1n) is 6.07. The maximum Gasteiger partial charge on any atom is 0.331 e. The minimum atomic E-state index is -0.520. The van der Waals surface area contributed by atoms with E-state index in [1.54, 1.807) is 25.1 Å². The van der Waals surface area contributed by atoms with Crippen molar-refractivity contribution >= 4 is 18.0 Å². The van der Waals surface area contributed by atoms with Crippen LogP contribution in [-0.2, 0) is 19.1 Å². The fraction of sp³-hybridized carbons (Fsp3) is 0.200. The number of benzene rings is 1. The summed E-state index contributed by atoms with van der Waals surface area (Å²) in [6, 6.07) is 6.39. The summed E-state index contributed by atoms with van der Waals surface area (Å²) in [5.74, 6) is -0.771. The van der Waals surface area contributed by atoms with Gasteiger partial charge in [-0.05, 0) is 36.3 Å². The maximum absolute atomic E-state index is 11.5. The van der Waals surface area contributed by atoms with Gasteiger partial charge in [-0.15, -0.1) is 0 Å². The summed E-state index contributed by atoms with van der Waals surface area (Å²) >= 11 is 0. The predicted octanol–water partition coefficient (Wildman–Crippen LogP) is 1.82. The Kier molecular flexibility index (Phi) is 4.20. The summed E-state index contributed by atoms with van der Waals surface area (Å²) in [7, 11) is 0. The average molecular weight is 274 g/mol. The molecule has 0 radical (unpaired) electrons. The van der Waals surface area contributed by atoms with E-state index < -0.39 is 18.0 Å². The highest BCUT2D eigenvalue weighted by Crippen LogP contribution is 2.15. The molecule has 0 bridgehead atoms. The molecule has 104 valence electrons. The van der Waals surface area contributed by atoms with Crippen LogP contribution in [0.3, 0.4) is 0 Å². The second-order valence-electron chi connectivity index (χ2n) is 4.37. The van der Waals surface area contributed by atoms with Crippen molar-refractivity contribution in [1.29, 1.82) is 0 Å². The highest BCUT2D eigenvalue weighted by atomic mass is 16.6. The van der Waals surface area contributed by atoms with Crippen LogP contribution in [-0.4, -0.2) is 29.8 Å². The van der Waals surface area contributed by atoms with E-state index in [1.165, 1.54) is 24.3 Å². The first kappa shape index (κ1) is 13.9. The van der Waals surface area contributed by atoms with Crippen LogP contribution < -0.4 is 0 Å². The Morgan fingerprint density at radius 1 is 1.40 bits per heavy atom. The van der Waals surface area contributed by atoms with E-state index >= 15 is 0 Å². The van der Waals surface area contributed by atoms with Crippen LogP contribution in [0.2, 0.25) is 0 Å². The van der Waals surface area contributed by atoms with Gasteiger partial charge in [-0.1, -0.05) is 12.1 Å². The molecule has 1 aliphatic heterocycles. The zero-order chi connectivity index (χ0) is 14.5. The molecule has 1 aromatic carbocycles. The molecule has 1 unspecified atom stereocenters. The Hall–Kier alpha value is -2.56. The lowest BCUT2D eigenvalue weighted by atomic mass is 10.2. The topological polar surface area (TPSA) is 72.8 Å². The van der Waals surface area contributed by atoms with Crippen molar-refractivity contribution < 1.29 is 24.2 Å². The summed E-state index contributed by atoms with van der Waals surface area (Å²) in [6.45, 7) is 1.75. The van der Waals surface area contributed by atoms with Crippen molar-refractivity contribution in [3.63, 3.8) is 0 Å². The fourth-order valence-corrected chi connectivity index (χ4v) is 1.67. The minimum absolute atomic E-state index is 0.00677. The van der Waals surface area contributed by atoms with Crippen molar-refractivity contribution in [3.8, 4) is 5.75 Å². The van der Waals surface area contributed by atoms with Gasteiger partial charge in [0.15, 0.2) is 6.10 Å². The number of aromatic hydroxyl groups is 1. The van der Waals surface area contributed by atoms with Crippen molar-refractivity contribution in [2.24, 2.45) is 0 Å². The third-order valence-corrected chi connectivity index (χ3v) is 2.79. The monoisotopic (exact) mass is 274 g/mol. The van der Waals surface area contributed by atoms with E-state index in [2.05, 4.69) is 0 Å². The highest BCUT2D eigenvalue weighted by molar-refractivity contribution is 5.87. The smallest absolute Gasteiger partial charge is 0.331 e. The Balaban J connectivity index is 1.82. The molecule has 0 saturated heterocycles. The number of cyclic esters (lactones) is 1. The number of hydrogen-bond acceptors (Lipinski definition) is 5. The Morgan fingerprint density at radius 3 is 2.70 bits per heavy atom. The van der Waals surface area contributed by atoms with E-state index in [0.717, 1.165) is 11.1 Å². The molecule has 0 fully saturated rings. The Labute approximate surface area is 116 Å². The largest absolute Gasteiger partial charge is 0.508 e. The van der Waals surface area contributed by atoms with Gasteiger partial charge in [-0.2, -0.15) is 0 Å². The third-order valence-electron chi connectivity index (χ3n) is 2.79. The molecule has 0 amide bonds. The van der Waals surface area contributed by atoms with Gasteiger partial charge in [-0.3, -0.25) is 0 Å². The quantitative estimate of drug-likeness (QED) is 0.669. The second-order valence-corrected chi connectivity index (χ2v) is 4.37. The molecule has 0 spiro atoms. The van der Waals surface area contributed by atoms with Gasteiger partial charge in [-0.25, -0.2) is 9.59 Å². The van der Waals surface area contributed by atoms with Crippen molar-refractivity contribution in [2.45, 2.75) is 13.0 Å². The van der Waals surface area contributed by atoms with Crippen LogP contribution >= 0.6 is 0 Å². The molecular weight excluding hydrogens is 260 g/mol. The normalized spacial score (nSPS) is 17.9. The summed E-state index contributed by atoms with van der Waals surface area (Å²) in [4.78, 5) is 22.5. The molecule has 0 saturated carbocycles. The first-order valence-corrected chi connectivity index (χ1v) is 6.07. The molecule has 1 aliphatic rings. The molecule has 1 atom stereocenters. The van der Waals surface area contributed by atoms with E-state index in [0.29, 0.717) is 0 Å². The molecule has 2 rings (SSSR count). The number of esters is 2. The molecule has 5 heteroatoms. The number of ether oxygens (including phenoxy) is 2. The van der Waals surface area contributed by atoms with Gasteiger partial charge in [0.25, 0.3) is 0 Å². The van der Waals surface area contributed by atoms with E-state index in [9.17, 15) is 9.59 Å². The highest BCUT2D eigenvalue weighted by Gasteiger charge is 2.23. The van der Waals surface area contributed by atoms with Crippen LogP contribution in [0.15, 0.2) is 42.0 Å². The number of phenols is 1. The van der Waals surface area contributed by atoms with Gasteiger partial charge in [0.1, 0.15) is 12.4 Å². The van der Waals surface area contributed by atoms with Crippen LogP contribution in [0, 0.1) is 0 Å². The summed E-state index contributed by atoms with van der Waals surface area (Å²) in [6.07, 6.45) is 3.74. The second kappa shape index (κ2) is 6.06. The standard InChI is InChI=1S/C15H14O5/c1-10-8-15(18)20-13(10)9-19-14(17)7-4-11-2-5-12(16)6-3-11/h2-8,13,16H,9H2,1H3.